The highest BCUT2D eigenvalue weighted by atomic mass is 16.5. The maximum Gasteiger partial charge on any atom is 0.243 e. The molecule has 4 nitrogen and oxygen atoms in total. The molecule has 0 bridgehead atoms. The average Bonchev–Trinajstić information content (AvgIpc) is 2.67. The summed E-state index contributed by atoms with van der Waals surface area (Å²) in [6, 6.07) is 13.7. The number of unbranched alkanes of at least 4 members (excludes halogenated alkanes) is 4. The Bertz CT molecular complexity index is 728. The second-order valence-corrected chi connectivity index (χ2v) is 6.94. The van der Waals surface area contributed by atoms with Crippen molar-refractivity contribution in [2.24, 2.45) is 0 Å². The van der Waals surface area contributed by atoms with Crippen molar-refractivity contribution in [1.29, 1.82) is 0 Å². The molecule has 1 amide bonds. The van der Waals surface area contributed by atoms with Gasteiger partial charge in [0.05, 0.1) is 13.2 Å². The molecule has 2 rings (SSSR count). The third-order valence-corrected chi connectivity index (χ3v) is 4.68. The SMILES string of the molecule is CCCCCCCOc1cccc(NCC(=O)Nc2cccc(C)c2C)c1. The van der Waals surface area contributed by atoms with Crippen LogP contribution in [-0.4, -0.2) is 19.1 Å². The molecule has 2 N–H and O–H groups in total. The van der Waals surface area contributed by atoms with E-state index in [1.165, 1.54) is 31.2 Å². The molecule has 0 unspecified atom stereocenters. The monoisotopic (exact) mass is 368 g/mol. The molecule has 0 aromatic heterocycles. The fourth-order valence-corrected chi connectivity index (χ4v) is 2.85. The summed E-state index contributed by atoms with van der Waals surface area (Å²) in [4.78, 5) is 12.2. The minimum absolute atomic E-state index is 0.0639. The van der Waals surface area contributed by atoms with E-state index in [1.54, 1.807) is 0 Å². The molecule has 2 aromatic rings. The van der Waals surface area contributed by atoms with Gasteiger partial charge in [0, 0.05) is 17.4 Å². The highest BCUT2D eigenvalue weighted by Crippen LogP contribution is 2.19. The lowest BCUT2D eigenvalue weighted by Crippen LogP contribution is -2.22. The molecule has 0 aliphatic rings. The van der Waals surface area contributed by atoms with Crippen LogP contribution in [0.2, 0.25) is 0 Å². The molecule has 0 atom stereocenters. The van der Waals surface area contributed by atoms with E-state index in [2.05, 4.69) is 17.6 Å². The highest BCUT2D eigenvalue weighted by molar-refractivity contribution is 5.94. The normalized spacial score (nSPS) is 10.5. The molecule has 0 fully saturated rings. The Morgan fingerprint density at radius 2 is 1.78 bits per heavy atom. The summed E-state index contributed by atoms with van der Waals surface area (Å²) in [6.07, 6.45) is 6.12. The van der Waals surface area contributed by atoms with Gasteiger partial charge in [-0.25, -0.2) is 0 Å². The van der Waals surface area contributed by atoms with E-state index in [1.807, 2.05) is 56.3 Å². The van der Waals surface area contributed by atoms with Crippen molar-refractivity contribution in [3.63, 3.8) is 0 Å². The van der Waals surface area contributed by atoms with Gasteiger partial charge in [-0.2, -0.15) is 0 Å². The molecule has 0 radical (unpaired) electrons. The van der Waals surface area contributed by atoms with Crippen molar-refractivity contribution < 1.29 is 9.53 Å². The van der Waals surface area contributed by atoms with Crippen LogP contribution >= 0.6 is 0 Å². The van der Waals surface area contributed by atoms with Crippen molar-refractivity contribution >= 4 is 17.3 Å². The third kappa shape index (κ3) is 7.33. The van der Waals surface area contributed by atoms with E-state index in [-0.39, 0.29) is 12.5 Å². The molecular weight excluding hydrogens is 336 g/mol. The number of amides is 1. The van der Waals surface area contributed by atoms with Crippen LogP contribution in [-0.2, 0) is 4.79 Å². The van der Waals surface area contributed by atoms with Crippen LogP contribution in [0.1, 0.15) is 50.2 Å². The average molecular weight is 369 g/mol. The minimum atomic E-state index is -0.0639. The second-order valence-electron chi connectivity index (χ2n) is 6.94. The van der Waals surface area contributed by atoms with Crippen molar-refractivity contribution in [3.05, 3.63) is 53.6 Å². The van der Waals surface area contributed by atoms with E-state index in [0.29, 0.717) is 0 Å². The van der Waals surface area contributed by atoms with Crippen molar-refractivity contribution in [2.45, 2.75) is 52.9 Å². The number of rotatable bonds is 11. The minimum Gasteiger partial charge on any atom is -0.494 e. The van der Waals surface area contributed by atoms with Crippen molar-refractivity contribution in [3.8, 4) is 5.75 Å². The van der Waals surface area contributed by atoms with Crippen LogP contribution in [0.3, 0.4) is 0 Å². The summed E-state index contributed by atoms with van der Waals surface area (Å²) < 4.78 is 5.82. The van der Waals surface area contributed by atoms with Crippen LogP contribution in [0.25, 0.3) is 0 Å². The topological polar surface area (TPSA) is 50.4 Å². The molecule has 146 valence electrons. The van der Waals surface area contributed by atoms with Gasteiger partial charge in [-0.3, -0.25) is 4.79 Å². The van der Waals surface area contributed by atoms with Gasteiger partial charge in [-0.05, 0) is 49.6 Å². The number of hydrogen-bond acceptors (Lipinski definition) is 3. The predicted octanol–water partition coefficient (Wildman–Crippen LogP) is 5.70. The molecule has 0 aliphatic heterocycles. The smallest absolute Gasteiger partial charge is 0.243 e. The molecule has 0 saturated carbocycles. The molecule has 27 heavy (non-hydrogen) atoms. The van der Waals surface area contributed by atoms with Crippen LogP contribution in [0.5, 0.6) is 5.75 Å². The van der Waals surface area contributed by atoms with Crippen LogP contribution in [0.4, 0.5) is 11.4 Å². The Morgan fingerprint density at radius 1 is 1.00 bits per heavy atom. The maximum atomic E-state index is 12.2. The number of carbonyl (C=O) groups is 1. The van der Waals surface area contributed by atoms with Crippen LogP contribution in [0.15, 0.2) is 42.5 Å². The number of hydrogen-bond donors (Lipinski definition) is 2. The van der Waals surface area contributed by atoms with Gasteiger partial charge in [-0.1, -0.05) is 50.8 Å². The summed E-state index contributed by atoms with van der Waals surface area (Å²) in [7, 11) is 0. The predicted molar refractivity (Wildman–Crippen MR) is 114 cm³/mol. The summed E-state index contributed by atoms with van der Waals surface area (Å²) in [5.41, 5.74) is 4.01. The van der Waals surface area contributed by atoms with Crippen LogP contribution in [0, 0.1) is 13.8 Å². The Kier molecular flexibility index (Phi) is 8.69. The first kappa shape index (κ1) is 20.8. The number of anilines is 2. The fourth-order valence-electron chi connectivity index (χ4n) is 2.85. The van der Waals surface area contributed by atoms with E-state index < -0.39 is 0 Å². The number of aryl methyl sites for hydroxylation is 1. The molecule has 0 heterocycles. The number of benzene rings is 2. The van der Waals surface area contributed by atoms with E-state index in [0.717, 1.165) is 35.7 Å². The second kappa shape index (κ2) is 11.3. The fraction of sp³-hybridized carbons (Fsp3) is 0.435. The van der Waals surface area contributed by atoms with Gasteiger partial charge in [0.15, 0.2) is 0 Å². The zero-order chi connectivity index (χ0) is 19.5. The molecular formula is C23H32N2O2. The molecule has 0 aliphatic carbocycles. The Morgan fingerprint density at radius 3 is 2.59 bits per heavy atom. The summed E-state index contributed by atoms with van der Waals surface area (Å²) in [6.45, 7) is 7.23. The lowest BCUT2D eigenvalue weighted by atomic mass is 10.1. The number of nitrogens with one attached hydrogen (secondary N) is 2. The first-order valence-corrected chi connectivity index (χ1v) is 9.93. The molecule has 4 heteroatoms. The maximum absolute atomic E-state index is 12.2. The first-order valence-electron chi connectivity index (χ1n) is 9.93. The lowest BCUT2D eigenvalue weighted by Gasteiger charge is -2.12. The lowest BCUT2D eigenvalue weighted by molar-refractivity contribution is -0.114. The van der Waals surface area contributed by atoms with Gasteiger partial charge >= 0.3 is 0 Å². The summed E-state index contributed by atoms with van der Waals surface area (Å²) >= 11 is 0. The number of ether oxygens (including phenoxy) is 1. The standard InChI is InChI=1S/C23H32N2O2/c1-4-5-6-7-8-15-27-21-13-10-12-20(16-21)24-17-23(26)25-22-14-9-11-18(2)19(22)3/h9-14,16,24H,4-8,15,17H2,1-3H3,(H,25,26). The van der Waals surface area contributed by atoms with Gasteiger partial charge in [0.2, 0.25) is 5.91 Å². The van der Waals surface area contributed by atoms with Gasteiger partial charge < -0.3 is 15.4 Å². The molecule has 0 saturated heterocycles. The van der Waals surface area contributed by atoms with Crippen molar-refractivity contribution in [1.82, 2.24) is 0 Å². The van der Waals surface area contributed by atoms with Gasteiger partial charge in [0.1, 0.15) is 5.75 Å². The van der Waals surface area contributed by atoms with E-state index in [9.17, 15) is 4.79 Å². The van der Waals surface area contributed by atoms with Gasteiger partial charge in [0.25, 0.3) is 0 Å². The summed E-state index contributed by atoms with van der Waals surface area (Å²) in [5, 5.41) is 6.13. The van der Waals surface area contributed by atoms with E-state index >= 15 is 0 Å². The van der Waals surface area contributed by atoms with Crippen LogP contribution < -0.4 is 15.4 Å². The summed E-state index contributed by atoms with van der Waals surface area (Å²) in [5.74, 6) is 0.774. The number of carbonyl (C=O) groups excluding carboxylic acids is 1. The first-order chi connectivity index (χ1) is 13.1. The Labute approximate surface area is 163 Å². The molecule has 2 aromatic carbocycles. The highest BCUT2D eigenvalue weighted by Gasteiger charge is 2.06. The van der Waals surface area contributed by atoms with Gasteiger partial charge in [-0.15, -0.1) is 0 Å². The third-order valence-electron chi connectivity index (χ3n) is 4.68. The largest absolute Gasteiger partial charge is 0.494 e. The van der Waals surface area contributed by atoms with Crippen molar-refractivity contribution in [2.75, 3.05) is 23.8 Å². The Balaban J connectivity index is 1.76. The molecule has 0 spiro atoms. The zero-order valence-corrected chi connectivity index (χ0v) is 16.8. The Hall–Kier alpha value is -2.49. The zero-order valence-electron chi connectivity index (χ0n) is 16.8. The van der Waals surface area contributed by atoms with E-state index in [4.69, 9.17) is 4.74 Å². The quantitative estimate of drug-likeness (QED) is 0.500.